The van der Waals surface area contributed by atoms with Crippen LogP contribution in [0.25, 0.3) is 16.6 Å². The molecule has 4 rings (SSSR count). The van der Waals surface area contributed by atoms with Gasteiger partial charge in [0.05, 0.1) is 22.6 Å². The average Bonchev–Trinajstić information content (AvgIpc) is 2.82. The van der Waals surface area contributed by atoms with Crippen molar-refractivity contribution in [2.45, 2.75) is 33.7 Å². The number of carbonyl (C=O) groups excluding carboxylic acids is 1. The van der Waals surface area contributed by atoms with Gasteiger partial charge in [-0.25, -0.2) is 4.98 Å². The molecule has 0 saturated carbocycles. The van der Waals surface area contributed by atoms with Crippen LogP contribution in [0.5, 0.6) is 0 Å². The summed E-state index contributed by atoms with van der Waals surface area (Å²) >= 11 is 6.23. The van der Waals surface area contributed by atoms with Gasteiger partial charge in [0.25, 0.3) is 11.5 Å². The summed E-state index contributed by atoms with van der Waals surface area (Å²) in [7, 11) is 0. The van der Waals surface area contributed by atoms with Crippen LogP contribution in [0.15, 0.2) is 77.6 Å². The lowest BCUT2D eigenvalue weighted by Gasteiger charge is -2.32. The van der Waals surface area contributed by atoms with Gasteiger partial charge < -0.3 is 4.90 Å². The normalized spacial score (nSPS) is 12.2. The molecular weight excluding hydrogens is 446 g/mol. The van der Waals surface area contributed by atoms with Crippen LogP contribution in [0.3, 0.4) is 0 Å². The van der Waals surface area contributed by atoms with Crippen LogP contribution < -0.4 is 5.56 Å². The Bertz CT molecular complexity index is 1380. The maximum Gasteiger partial charge on any atom is 0.266 e. The Kier molecular flexibility index (Phi) is 6.85. The monoisotopic (exact) mass is 473 g/mol. The van der Waals surface area contributed by atoms with Gasteiger partial charge in [-0.1, -0.05) is 61.3 Å². The van der Waals surface area contributed by atoms with Gasteiger partial charge in [0.1, 0.15) is 5.82 Å². The molecule has 4 aromatic rings. The molecule has 1 heterocycles. The molecule has 1 atom stereocenters. The van der Waals surface area contributed by atoms with E-state index in [2.05, 4.69) is 13.8 Å². The number of nitrogens with zero attached hydrogens (tertiary/aromatic N) is 3. The second kappa shape index (κ2) is 9.82. The van der Waals surface area contributed by atoms with Crippen molar-refractivity contribution in [3.63, 3.8) is 0 Å². The summed E-state index contributed by atoms with van der Waals surface area (Å²) in [4.78, 5) is 34.0. The first-order chi connectivity index (χ1) is 16.3. The fraction of sp³-hybridized carbons (Fsp3) is 0.250. The molecule has 0 aliphatic rings. The molecule has 0 N–H and O–H groups in total. The maximum absolute atomic E-state index is 13.7. The van der Waals surface area contributed by atoms with E-state index < -0.39 is 6.04 Å². The van der Waals surface area contributed by atoms with Gasteiger partial charge in [0, 0.05) is 17.1 Å². The summed E-state index contributed by atoms with van der Waals surface area (Å²) in [6.45, 7) is 8.58. The Morgan fingerprint density at radius 2 is 1.68 bits per heavy atom. The zero-order valence-corrected chi connectivity index (χ0v) is 20.6. The molecular formula is C28H28ClN3O2. The number of fused-ring (bicyclic) bond motifs is 1. The zero-order valence-electron chi connectivity index (χ0n) is 19.8. The quantitative estimate of drug-likeness (QED) is 0.334. The first-order valence-corrected chi connectivity index (χ1v) is 11.8. The summed E-state index contributed by atoms with van der Waals surface area (Å²) in [5, 5.41) is 0.983. The summed E-state index contributed by atoms with van der Waals surface area (Å²) in [6, 6.07) is 21.6. The first-order valence-electron chi connectivity index (χ1n) is 11.4. The Hall–Kier alpha value is -3.44. The summed E-state index contributed by atoms with van der Waals surface area (Å²) in [5.41, 5.74) is 2.72. The minimum Gasteiger partial charge on any atom is -0.328 e. The number of amides is 1. The molecule has 5 nitrogen and oxygen atoms in total. The highest BCUT2D eigenvalue weighted by atomic mass is 35.5. The second-order valence-electron chi connectivity index (χ2n) is 9.00. The highest BCUT2D eigenvalue weighted by Gasteiger charge is 2.28. The van der Waals surface area contributed by atoms with E-state index in [0.717, 1.165) is 5.56 Å². The number of benzene rings is 3. The van der Waals surface area contributed by atoms with Gasteiger partial charge in [-0.15, -0.1) is 0 Å². The Morgan fingerprint density at radius 3 is 2.32 bits per heavy atom. The van der Waals surface area contributed by atoms with Crippen LogP contribution in [0.2, 0.25) is 5.02 Å². The third-order valence-electron chi connectivity index (χ3n) is 5.83. The Morgan fingerprint density at radius 1 is 1.00 bits per heavy atom. The standard InChI is InChI=1S/C28H28ClN3O2/c1-18(2)17-31(27(33)21-8-6-5-7-9-21)20(4)26-30-25-16-22(29)12-15-24(25)28(34)32(26)23-13-10-19(3)11-14-23/h5-16,18,20H,17H2,1-4H3. The van der Waals surface area contributed by atoms with Gasteiger partial charge >= 0.3 is 0 Å². The molecule has 0 aliphatic heterocycles. The third kappa shape index (κ3) is 4.75. The zero-order chi connectivity index (χ0) is 24.4. The van der Waals surface area contributed by atoms with Crippen molar-refractivity contribution in [2.75, 3.05) is 6.54 Å². The molecule has 1 unspecified atom stereocenters. The number of carbonyl (C=O) groups is 1. The molecule has 0 spiro atoms. The van der Waals surface area contributed by atoms with E-state index in [0.29, 0.717) is 39.5 Å². The van der Waals surface area contributed by atoms with E-state index in [1.54, 1.807) is 27.7 Å². The highest BCUT2D eigenvalue weighted by molar-refractivity contribution is 6.31. The predicted molar refractivity (Wildman–Crippen MR) is 138 cm³/mol. The van der Waals surface area contributed by atoms with Gasteiger partial charge in [-0.2, -0.15) is 0 Å². The van der Waals surface area contributed by atoms with Crippen LogP contribution in [0, 0.1) is 12.8 Å². The molecule has 0 fully saturated rings. The molecule has 0 aliphatic carbocycles. The van der Waals surface area contributed by atoms with E-state index in [-0.39, 0.29) is 17.4 Å². The van der Waals surface area contributed by atoms with Crippen molar-refractivity contribution in [3.05, 3.63) is 105 Å². The van der Waals surface area contributed by atoms with Crippen molar-refractivity contribution >= 4 is 28.4 Å². The number of hydrogen-bond acceptors (Lipinski definition) is 3. The smallest absolute Gasteiger partial charge is 0.266 e. The van der Waals surface area contributed by atoms with Crippen molar-refractivity contribution in [1.82, 2.24) is 14.5 Å². The van der Waals surface area contributed by atoms with Gasteiger partial charge in [0.2, 0.25) is 0 Å². The lowest BCUT2D eigenvalue weighted by atomic mass is 10.1. The largest absolute Gasteiger partial charge is 0.328 e. The van der Waals surface area contributed by atoms with Crippen LogP contribution in [-0.2, 0) is 0 Å². The van der Waals surface area contributed by atoms with Crippen LogP contribution in [-0.4, -0.2) is 26.9 Å². The second-order valence-corrected chi connectivity index (χ2v) is 9.44. The van der Waals surface area contributed by atoms with Crippen molar-refractivity contribution in [2.24, 2.45) is 5.92 Å². The Balaban J connectivity index is 1.94. The number of aromatic nitrogens is 2. The predicted octanol–water partition coefficient (Wildman–Crippen LogP) is 6.21. The topological polar surface area (TPSA) is 55.2 Å². The van der Waals surface area contributed by atoms with Crippen molar-refractivity contribution < 1.29 is 4.79 Å². The summed E-state index contributed by atoms with van der Waals surface area (Å²) in [6.07, 6.45) is 0. The number of halogens is 1. The molecule has 1 aromatic heterocycles. The van der Waals surface area contributed by atoms with Gasteiger partial charge in [-0.05, 0) is 62.2 Å². The lowest BCUT2D eigenvalue weighted by molar-refractivity contribution is 0.0655. The Labute approximate surface area is 204 Å². The molecule has 0 radical (unpaired) electrons. The average molecular weight is 474 g/mol. The summed E-state index contributed by atoms with van der Waals surface area (Å²) in [5.74, 6) is 0.621. The van der Waals surface area contributed by atoms with E-state index in [9.17, 15) is 9.59 Å². The molecule has 1 amide bonds. The minimum absolute atomic E-state index is 0.0994. The SMILES string of the molecule is Cc1ccc(-n2c(C(C)N(CC(C)C)C(=O)c3ccccc3)nc3cc(Cl)ccc3c2=O)cc1. The molecule has 34 heavy (non-hydrogen) atoms. The molecule has 0 saturated heterocycles. The fourth-order valence-corrected chi connectivity index (χ4v) is 4.26. The van der Waals surface area contributed by atoms with Crippen LogP contribution in [0.1, 0.15) is 48.6 Å². The van der Waals surface area contributed by atoms with Crippen LogP contribution in [0.4, 0.5) is 0 Å². The first kappa shape index (κ1) is 23.7. The number of aryl methyl sites for hydroxylation is 1. The van der Waals surface area contributed by atoms with Gasteiger partial charge in [0.15, 0.2) is 0 Å². The molecule has 6 heteroatoms. The van der Waals surface area contributed by atoms with Crippen molar-refractivity contribution in [1.29, 1.82) is 0 Å². The van der Waals surface area contributed by atoms with E-state index in [4.69, 9.17) is 16.6 Å². The number of rotatable bonds is 6. The van der Waals surface area contributed by atoms with Crippen molar-refractivity contribution in [3.8, 4) is 5.69 Å². The van der Waals surface area contributed by atoms with E-state index >= 15 is 0 Å². The molecule has 3 aromatic carbocycles. The summed E-state index contributed by atoms with van der Waals surface area (Å²) < 4.78 is 1.62. The number of hydrogen-bond donors (Lipinski definition) is 0. The molecule has 174 valence electrons. The maximum atomic E-state index is 13.7. The highest BCUT2D eigenvalue weighted by Crippen LogP contribution is 2.26. The lowest BCUT2D eigenvalue weighted by Crippen LogP contribution is -2.39. The minimum atomic E-state index is -0.465. The third-order valence-corrected chi connectivity index (χ3v) is 6.07. The van der Waals surface area contributed by atoms with E-state index in [1.165, 1.54) is 0 Å². The fourth-order valence-electron chi connectivity index (χ4n) is 4.10. The van der Waals surface area contributed by atoms with Crippen LogP contribution >= 0.6 is 11.6 Å². The van der Waals surface area contributed by atoms with Gasteiger partial charge in [-0.3, -0.25) is 14.2 Å². The molecule has 0 bridgehead atoms. The van der Waals surface area contributed by atoms with E-state index in [1.807, 2.05) is 68.4 Å².